The molecule has 2 rings (SSSR count). The van der Waals surface area contributed by atoms with Crippen molar-refractivity contribution in [3.05, 3.63) is 58.7 Å². The Labute approximate surface area is 121 Å². The Morgan fingerprint density at radius 1 is 0.850 bits per heavy atom. The van der Waals surface area contributed by atoms with E-state index in [-0.39, 0.29) is 0 Å². The Morgan fingerprint density at radius 2 is 1.55 bits per heavy atom. The Morgan fingerprint density at radius 3 is 2.05 bits per heavy atom. The molecule has 0 radical (unpaired) electrons. The van der Waals surface area contributed by atoms with Gasteiger partial charge in [-0.3, -0.25) is 0 Å². The summed E-state index contributed by atoms with van der Waals surface area (Å²) in [5.41, 5.74) is 4.11. The van der Waals surface area contributed by atoms with Crippen molar-refractivity contribution < 1.29 is 10.2 Å². The van der Waals surface area contributed by atoms with Crippen molar-refractivity contribution in [1.29, 1.82) is 0 Å². The highest BCUT2D eigenvalue weighted by molar-refractivity contribution is 5.39. The van der Waals surface area contributed by atoms with E-state index >= 15 is 0 Å². The van der Waals surface area contributed by atoms with E-state index in [1.807, 2.05) is 57.2 Å². The number of aromatic hydroxyl groups is 2. The van der Waals surface area contributed by atoms with Crippen LogP contribution in [-0.2, 0) is 12.8 Å². The van der Waals surface area contributed by atoms with Gasteiger partial charge in [-0.05, 0) is 55.0 Å². The average molecular weight is 272 g/mol. The van der Waals surface area contributed by atoms with Gasteiger partial charge in [-0.25, -0.2) is 0 Å². The van der Waals surface area contributed by atoms with E-state index in [0.717, 1.165) is 29.5 Å². The Hall–Kier alpha value is -1.96. The molecule has 0 atom stereocenters. The molecule has 20 heavy (non-hydrogen) atoms. The molecule has 2 heteroatoms. The molecule has 2 nitrogen and oxygen atoms in total. The standard InChI is InChI=1S/2C9H12O/c1-3-8-5-4-7(2)9(10)6-8;1-3-8-6-4-5-7(2)9(8)10/h2*4-6,10H,3H2,1-2H3. The summed E-state index contributed by atoms with van der Waals surface area (Å²) in [5.74, 6) is 0.851. The fraction of sp³-hybridized carbons (Fsp3) is 0.333. The van der Waals surface area contributed by atoms with Crippen LogP contribution in [0.2, 0.25) is 0 Å². The number of phenolic OH excluding ortho intramolecular Hbond substituents is 2. The number of para-hydroxylation sites is 1. The third-order valence-electron chi connectivity index (χ3n) is 3.38. The van der Waals surface area contributed by atoms with Crippen molar-refractivity contribution in [3.8, 4) is 11.5 Å². The average Bonchev–Trinajstić information content (AvgIpc) is 2.45. The first-order valence-electron chi connectivity index (χ1n) is 7.05. The molecular formula is C18H24O2. The summed E-state index contributed by atoms with van der Waals surface area (Å²) in [6.45, 7) is 7.92. The molecule has 0 aliphatic carbocycles. The van der Waals surface area contributed by atoms with E-state index in [4.69, 9.17) is 0 Å². The highest BCUT2D eigenvalue weighted by atomic mass is 16.3. The molecule has 0 saturated carbocycles. The summed E-state index contributed by atoms with van der Waals surface area (Å²) < 4.78 is 0. The van der Waals surface area contributed by atoms with Crippen LogP contribution in [0.3, 0.4) is 0 Å². The lowest BCUT2D eigenvalue weighted by atomic mass is 10.1. The van der Waals surface area contributed by atoms with Gasteiger partial charge in [-0.15, -0.1) is 0 Å². The summed E-state index contributed by atoms with van der Waals surface area (Å²) in [6, 6.07) is 11.6. The van der Waals surface area contributed by atoms with Crippen molar-refractivity contribution in [3.63, 3.8) is 0 Å². The molecule has 0 heterocycles. The number of aryl methyl sites for hydroxylation is 4. The molecule has 108 valence electrons. The molecular weight excluding hydrogens is 248 g/mol. The summed E-state index contributed by atoms with van der Waals surface area (Å²) >= 11 is 0. The number of phenols is 2. The van der Waals surface area contributed by atoms with Crippen LogP contribution >= 0.6 is 0 Å². The van der Waals surface area contributed by atoms with Crippen molar-refractivity contribution in [1.82, 2.24) is 0 Å². The van der Waals surface area contributed by atoms with Crippen LogP contribution in [0, 0.1) is 13.8 Å². The maximum absolute atomic E-state index is 9.40. The van der Waals surface area contributed by atoms with E-state index in [0.29, 0.717) is 11.5 Å². The minimum atomic E-state index is 0.402. The predicted molar refractivity (Wildman–Crippen MR) is 84.4 cm³/mol. The zero-order chi connectivity index (χ0) is 15.1. The minimum absolute atomic E-state index is 0.402. The van der Waals surface area contributed by atoms with Crippen LogP contribution in [0.1, 0.15) is 36.1 Å². The van der Waals surface area contributed by atoms with E-state index in [9.17, 15) is 10.2 Å². The SMILES string of the molecule is CCc1ccc(C)c(O)c1.CCc1cccc(C)c1O. The number of hydrogen-bond acceptors (Lipinski definition) is 2. The van der Waals surface area contributed by atoms with Gasteiger partial charge in [-0.1, -0.05) is 44.2 Å². The summed E-state index contributed by atoms with van der Waals surface area (Å²) in [6.07, 6.45) is 1.88. The van der Waals surface area contributed by atoms with Gasteiger partial charge < -0.3 is 10.2 Å². The number of hydrogen-bond donors (Lipinski definition) is 2. The Kier molecular flexibility index (Phi) is 6.10. The van der Waals surface area contributed by atoms with E-state index in [1.165, 1.54) is 5.56 Å². The lowest BCUT2D eigenvalue weighted by molar-refractivity contribution is 0.464. The van der Waals surface area contributed by atoms with Gasteiger partial charge in [0.05, 0.1) is 0 Å². The summed E-state index contributed by atoms with van der Waals surface area (Å²) in [7, 11) is 0. The lowest BCUT2D eigenvalue weighted by Crippen LogP contribution is -1.82. The minimum Gasteiger partial charge on any atom is -0.508 e. The van der Waals surface area contributed by atoms with Crippen LogP contribution in [0.4, 0.5) is 0 Å². The molecule has 2 N–H and O–H groups in total. The zero-order valence-electron chi connectivity index (χ0n) is 12.8. The van der Waals surface area contributed by atoms with Crippen LogP contribution in [0.5, 0.6) is 11.5 Å². The lowest BCUT2D eigenvalue weighted by Gasteiger charge is -2.02. The van der Waals surface area contributed by atoms with Crippen LogP contribution in [0.15, 0.2) is 36.4 Å². The first-order chi connectivity index (χ1) is 9.49. The largest absolute Gasteiger partial charge is 0.508 e. The second-order valence-electron chi connectivity index (χ2n) is 4.91. The molecule has 0 aliphatic heterocycles. The second kappa shape index (κ2) is 7.59. The van der Waals surface area contributed by atoms with E-state index in [2.05, 4.69) is 6.92 Å². The molecule has 0 spiro atoms. The molecule has 2 aromatic carbocycles. The quantitative estimate of drug-likeness (QED) is 0.843. The molecule has 0 aliphatic rings. The number of benzene rings is 2. The first kappa shape index (κ1) is 16.1. The van der Waals surface area contributed by atoms with Crippen molar-refractivity contribution >= 4 is 0 Å². The Bertz CT molecular complexity index is 559. The zero-order valence-corrected chi connectivity index (χ0v) is 12.8. The predicted octanol–water partition coefficient (Wildman–Crippen LogP) is 4.53. The first-order valence-corrected chi connectivity index (χ1v) is 7.05. The van der Waals surface area contributed by atoms with Crippen LogP contribution in [0.25, 0.3) is 0 Å². The molecule has 0 unspecified atom stereocenters. The second-order valence-corrected chi connectivity index (χ2v) is 4.91. The maximum Gasteiger partial charge on any atom is 0.121 e. The Balaban J connectivity index is 0.000000200. The highest BCUT2D eigenvalue weighted by Crippen LogP contribution is 2.21. The van der Waals surface area contributed by atoms with E-state index in [1.54, 1.807) is 0 Å². The monoisotopic (exact) mass is 272 g/mol. The summed E-state index contributed by atoms with van der Waals surface area (Å²) in [5, 5.41) is 18.6. The maximum atomic E-state index is 9.40. The van der Waals surface area contributed by atoms with Crippen molar-refractivity contribution in [2.75, 3.05) is 0 Å². The van der Waals surface area contributed by atoms with Gasteiger partial charge >= 0.3 is 0 Å². The van der Waals surface area contributed by atoms with Gasteiger partial charge in [-0.2, -0.15) is 0 Å². The smallest absolute Gasteiger partial charge is 0.121 e. The number of rotatable bonds is 2. The van der Waals surface area contributed by atoms with Crippen molar-refractivity contribution in [2.24, 2.45) is 0 Å². The van der Waals surface area contributed by atoms with Gasteiger partial charge in [0.1, 0.15) is 11.5 Å². The molecule has 0 amide bonds. The normalized spacial score (nSPS) is 9.80. The van der Waals surface area contributed by atoms with Gasteiger partial charge in [0.25, 0.3) is 0 Å². The fourth-order valence-electron chi connectivity index (χ4n) is 1.88. The van der Waals surface area contributed by atoms with Crippen molar-refractivity contribution in [2.45, 2.75) is 40.5 Å². The fourth-order valence-corrected chi connectivity index (χ4v) is 1.88. The van der Waals surface area contributed by atoms with Gasteiger partial charge in [0.15, 0.2) is 0 Å². The summed E-state index contributed by atoms with van der Waals surface area (Å²) in [4.78, 5) is 0. The molecule has 0 saturated heterocycles. The van der Waals surface area contributed by atoms with Crippen LogP contribution < -0.4 is 0 Å². The molecule has 0 fully saturated rings. The van der Waals surface area contributed by atoms with Gasteiger partial charge in [0, 0.05) is 0 Å². The third-order valence-corrected chi connectivity index (χ3v) is 3.38. The van der Waals surface area contributed by atoms with Gasteiger partial charge in [0.2, 0.25) is 0 Å². The molecule has 0 bridgehead atoms. The molecule has 0 aromatic heterocycles. The molecule has 2 aromatic rings. The van der Waals surface area contributed by atoms with E-state index < -0.39 is 0 Å². The third kappa shape index (κ3) is 4.30. The van der Waals surface area contributed by atoms with Crippen LogP contribution in [-0.4, -0.2) is 10.2 Å². The topological polar surface area (TPSA) is 40.5 Å². The highest BCUT2D eigenvalue weighted by Gasteiger charge is 1.98.